The molecular weight excluding hydrogens is 296 g/mol. The molecule has 2 N–H and O–H groups in total. The summed E-state index contributed by atoms with van der Waals surface area (Å²) < 4.78 is 15.7. The van der Waals surface area contributed by atoms with Crippen LogP contribution >= 0.6 is 22.6 Å². The molecule has 0 unspecified atom stereocenters. The maximum Gasteiger partial charge on any atom is 0.149 e. The van der Waals surface area contributed by atoms with Crippen molar-refractivity contribution in [3.8, 4) is 5.69 Å². The summed E-state index contributed by atoms with van der Waals surface area (Å²) in [6.07, 6.45) is 1.53. The van der Waals surface area contributed by atoms with Crippen LogP contribution < -0.4 is 5.73 Å². The van der Waals surface area contributed by atoms with Crippen LogP contribution in [-0.2, 0) is 0 Å². The van der Waals surface area contributed by atoms with E-state index in [0.29, 0.717) is 11.5 Å². The second-order valence-electron chi connectivity index (χ2n) is 2.76. The minimum atomic E-state index is -0.327. The van der Waals surface area contributed by atoms with Crippen LogP contribution in [0.15, 0.2) is 30.5 Å². The van der Waals surface area contributed by atoms with Gasteiger partial charge in [0.1, 0.15) is 17.3 Å². The van der Waals surface area contributed by atoms with E-state index in [-0.39, 0.29) is 5.82 Å². The number of hydrogen-bond acceptors (Lipinski definition) is 2. The van der Waals surface area contributed by atoms with Crippen LogP contribution in [-0.4, -0.2) is 9.78 Å². The fourth-order valence-electron chi connectivity index (χ4n) is 1.17. The molecule has 1 heterocycles. The average molecular weight is 303 g/mol. The molecule has 0 spiro atoms. The third-order valence-electron chi connectivity index (χ3n) is 1.81. The highest BCUT2D eigenvalue weighted by Crippen LogP contribution is 2.18. The van der Waals surface area contributed by atoms with E-state index in [2.05, 4.69) is 5.10 Å². The number of benzene rings is 1. The third kappa shape index (κ3) is 1.59. The van der Waals surface area contributed by atoms with Gasteiger partial charge in [-0.3, -0.25) is 0 Å². The van der Waals surface area contributed by atoms with Gasteiger partial charge >= 0.3 is 0 Å². The maximum absolute atomic E-state index is 13.5. The van der Waals surface area contributed by atoms with Crippen LogP contribution in [0.25, 0.3) is 5.69 Å². The van der Waals surface area contributed by atoms with E-state index in [4.69, 9.17) is 5.73 Å². The van der Waals surface area contributed by atoms with Crippen LogP contribution in [0, 0.1) is 9.39 Å². The van der Waals surface area contributed by atoms with Crippen molar-refractivity contribution in [3.63, 3.8) is 0 Å². The molecule has 0 aliphatic rings. The molecule has 5 heteroatoms. The lowest BCUT2D eigenvalue weighted by Crippen LogP contribution is -2.03. The second-order valence-corrected chi connectivity index (χ2v) is 4.01. The van der Waals surface area contributed by atoms with Crippen molar-refractivity contribution >= 4 is 28.4 Å². The van der Waals surface area contributed by atoms with E-state index in [1.807, 2.05) is 22.6 Å². The number of hydrogen-bond donors (Lipinski definition) is 1. The molecule has 0 aliphatic heterocycles. The standard InChI is InChI=1S/C9H7FIN3/c10-7-5-6(11)1-2-8(7)14-9(12)3-4-13-14/h1-5H,12H2. The Morgan fingerprint density at radius 3 is 2.71 bits per heavy atom. The third-order valence-corrected chi connectivity index (χ3v) is 2.48. The van der Waals surface area contributed by atoms with Gasteiger partial charge in [0.15, 0.2) is 0 Å². The molecule has 1 aromatic carbocycles. The Morgan fingerprint density at radius 2 is 2.14 bits per heavy atom. The molecular formula is C9H7FIN3. The first-order chi connectivity index (χ1) is 6.68. The van der Waals surface area contributed by atoms with Crippen molar-refractivity contribution in [3.05, 3.63) is 39.8 Å². The summed E-state index contributed by atoms with van der Waals surface area (Å²) in [7, 11) is 0. The molecule has 14 heavy (non-hydrogen) atoms. The molecule has 0 saturated carbocycles. The number of anilines is 1. The van der Waals surface area contributed by atoms with Gasteiger partial charge in [0.05, 0.1) is 6.20 Å². The molecule has 0 amide bonds. The molecule has 2 aromatic rings. The first-order valence-corrected chi connectivity index (χ1v) is 5.01. The zero-order chi connectivity index (χ0) is 10.1. The van der Waals surface area contributed by atoms with E-state index in [0.717, 1.165) is 3.57 Å². The topological polar surface area (TPSA) is 43.8 Å². The van der Waals surface area contributed by atoms with Gasteiger partial charge in [-0.15, -0.1) is 0 Å². The first kappa shape index (κ1) is 9.45. The molecule has 1 aromatic heterocycles. The lowest BCUT2D eigenvalue weighted by molar-refractivity contribution is 0.611. The molecule has 0 fully saturated rings. The van der Waals surface area contributed by atoms with Crippen molar-refractivity contribution in [2.75, 3.05) is 5.73 Å². The van der Waals surface area contributed by atoms with Crippen LogP contribution in [0.2, 0.25) is 0 Å². The summed E-state index contributed by atoms with van der Waals surface area (Å²) in [6.45, 7) is 0. The first-order valence-electron chi connectivity index (χ1n) is 3.93. The van der Waals surface area contributed by atoms with E-state index >= 15 is 0 Å². The number of nitrogen functional groups attached to an aromatic ring is 1. The largest absolute Gasteiger partial charge is 0.384 e. The van der Waals surface area contributed by atoms with E-state index in [9.17, 15) is 4.39 Å². The SMILES string of the molecule is Nc1ccnn1-c1ccc(I)cc1F. The Hall–Kier alpha value is -1.11. The predicted octanol–water partition coefficient (Wildman–Crippen LogP) is 2.20. The van der Waals surface area contributed by atoms with Crippen LogP contribution in [0.3, 0.4) is 0 Å². The smallest absolute Gasteiger partial charge is 0.149 e. The van der Waals surface area contributed by atoms with E-state index < -0.39 is 0 Å². The van der Waals surface area contributed by atoms with E-state index in [1.54, 1.807) is 18.2 Å². The molecule has 0 bridgehead atoms. The zero-order valence-corrected chi connectivity index (χ0v) is 9.27. The Balaban J connectivity index is 2.58. The fourth-order valence-corrected chi connectivity index (χ4v) is 1.62. The van der Waals surface area contributed by atoms with Crippen molar-refractivity contribution in [1.82, 2.24) is 9.78 Å². The highest BCUT2D eigenvalue weighted by molar-refractivity contribution is 14.1. The lowest BCUT2D eigenvalue weighted by Gasteiger charge is -2.05. The Labute approximate surface area is 93.9 Å². The molecule has 0 aliphatic carbocycles. The number of nitrogens with zero attached hydrogens (tertiary/aromatic N) is 2. The van der Waals surface area contributed by atoms with Crippen LogP contribution in [0.4, 0.5) is 10.2 Å². The summed E-state index contributed by atoms with van der Waals surface area (Å²) in [4.78, 5) is 0. The summed E-state index contributed by atoms with van der Waals surface area (Å²) in [5.74, 6) is 0.0948. The van der Waals surface area contributed by atoms with Gasteiger partial charge in [-0.2, -0.15) is 5.10 Å². The molecule has 0 saturated heterocycles. The summed E-state index contributed by atoms with van der Waals surface area (Å²) in [6, 6.07) is 6.52. The molecule has 3 nitrogen and oxygen atoms in total. The number of nitrogens with two attached hydrogens (primary N) is 1. The van der Waals surface area contributed by atoms with Crippen molar-refractivity contribution < 1.29 is 4.39 Å². The Kier molecular flexibility index (Phi) is 2.40. The van der Waals surface area contributed by atoms with Crippen molar-refractivity contribution in [1.29, 1.82) is 0 Å². The summed E-state index contributed by atoms with van der Waals surface area (Å²) >= 11 is 2.05. The van der Waals surface area contributed by atoms with Crippen molar-refractivity contribution in [2.45, 2.75) is 0 Å². The Bertz CT molecular complexity index is 467. The highest BCUT2D eigenvalue weighted by Gasteiger charge is 2.07. The molecule has 72 valence electrons. The summed E-state index contributed by atoms with van der Waals surface area (Å²) in [5.41, 5.74) is 5.98. The van der Waals surface area contributed by atoms with Crippen LogP contribution in [0.5, 0.6) is 0 Å². The molecule has 2 rings (SSSR count). The van der Waals surface area contributed by atoms with Gasteiger partial charge in [-0.1, -0.05) is 0 Å². The molecule has 0 atom stereocenters. The van der Waals surface area contributed by atoms with Gasteiger partial charge in [-0.05, 0) is 40.8 Å². The zero-order valence-electron chi connectivity index (χ0n) is 7.11. The Morgan fingerprint density at radius 1 is 1.36 bits per heavy atom. The number of aromatic nitrogens is 2. The van der Waals surface area contributed by atoms with Gasteiger partial charge in [0.25, 0.3) is 0 Å². The van der Waals surface area contributed by atoms with Crippen LogP contribution in [0.1, 0.15) is 0 Å². The monoisotopic (exact) mass is 303 g/mol. The van der Waals surface area contributed by atoms with Gasteiger partial charge in [0, 0.05) is 9.64 Å². The summed E-state index contributed by atoms with van der Waals surface area (Å²) in [5, 5.41) is 3.93. The number of rotatable bonds is 1. The second kappa shape index (κ2) is 3.56. The quantitative estimate of drug-likeness (QED) is 0.821. The number of halogens is 2. The minimum absolute atomic E-state index is 0.327. The van der Waals surface area contributed by atoms with Crippen molar-refractivity contribution in [2.24, 2.45) is 0 Å². The normalized spacial score (nSPS) is 10.4. The lowest BCUT2D eigenvalue weighted by atomic mass is 10.3. The fraction of sp³-hybridized carbons (Fsp3) is 0. The van der Waals surface area contributed by atoms with E-state index in [1.165, 1.54) is 16.9 Å². The minimum Gasteiger partial charge on any atom is -0.384 e. The average Bonchev–Trinajstić information content (AvgIpc) is 2.52. The maximum atomic E-state index is 13.5. The molecule has 0 radical (unpaired) electrons. The predicted molar refractivity (Wildman–Crippen MR) is 60.7 cm³/mol. The van der Waals surface area contributed by atoms with Gasteiger partial charge in [-0.25, -0.2) is 9.07 Å². The highest BCUT2D eigenvalue weighted by atomic mass is 127. The van der Waals surface area contributed by atoms with Gasteiger partial charge < -0.3 is 5.73 Å². The van der Waals surface area contributed by atoms with Gasteiger partial charge in [0.2, 0.25) is 0 Å².